The second-order valence-electron chi connectivity index (χ2n) is 15.1. The van der Waals surface area contributed by atoms with Crippen LogP contribution in [0, 0.1) is 0 Å². The normalized spacial score (nSPS) is 22.7. The Hall–Kier alpha value is -5.57. The highest BCUT2D eigenvalue weighted by molar-refractivity contribution is 7.89. The van der Waals surface area contributed by atoms with Gasteiger partial charge in [-0.3, -0.25) is 0 Å². The van der Waals surface area contributed by atoms with Crippen molar-refractivity contribution in [3.8, 4) is 0 Å². The van der Waals surface area contributed by atoms with E-state index in [9.17, 15) is 0 Å². The van der Waals surface area contributed by atoms with Crippen molar-refractivity contribution in [3.63, 3.8) is 0 Å². The summed E-state index contributed by atoms with van der Waals surface area (Å²) in [6.07, 6.45) is 23.4. The van der Waals surface area contributed by atoms with E-state index < -0.39 is 21.6 Å². The Morgan fingerprint density at radius 1 is 0.691 bits per heavy atom. The Labute approximate surface area is 329 Å². The third-order valence-corrected chi connectivity index (χ3v) is 14.1. The van der Waals surface area contributed by atoms with Crippen LogP contribution in [0.25, 0.3) is 22.3 Å². The second-order valence-corrected chi connectivity index (χ2v) is 16.6. The summed E-state index contributed by atoms with van der Waals surface area (Å²) in [4.78, 5) is 1.64. The van der Waals surface area contributed by atoms with Gasteiger partial charge in [-0.1, -0.05) is 140 Å². The summed E-state index contributed by atoms with van der Waals surface area (Å²) in [7, 11) is -1.45. The van der Waals surface area contributed by atoms with Crippen LogP contribution in [0.2, 0.25) is 0 Å². The van der Waals surface area contributed by atoms with Crippen LogP contribution in [0.1, 0.15) is 92.0 Å². The van der Waals surface area contributed by atoms with E-state index in [1.807, 2.05) is 0 Å². The first-order valence-electron chi connectivity index (χ1n) is 19.5. The first-order valence-corrected chi connectivity index (χ1v) is 20.7. The Balaban J connectivity index is 1.25. The first-order chi connectivity index (χ1) is 26.9. The van der Waals surface area contributed by atoms with E-state index in [-0.39, 0.29) is 0 Å². The molecule has 0 bridgehead atoms. The molecule has 55 heavy (non-hydrogen) atoms. The van der Waals surface area contributed by atoms with E-state index in [1.165, 1.54) is 89.1 Å². The van der Waals surface area contributed by atoms with Crippen molar-refractivity contribution in [3.05, 3.63) is 230 Å². The molecule has 0 fully saturated rings. The topological polar surface area (TPSA) is 17.1 Å². The van der Waals surface area contributed by atoms with Crippen molar-refractivity contribution >= 4 is 33.1 Å². The number of allylic oxidation sites excluding steroid dienone is 18. The highest BCUT2D eigenvalue weighted by Gasteiger charge is 2.53. The smallest absolute Gasteiger partial charge is 0.0849 e. The van der Waals surface area contributed by atoms with Gasteiger partial charge in [0.25, 0.3) is 0 Å². The molecule has 5 aliphatic carbocycles. The maximum absolute atomic E-state index is 15.3. The zero-order valence-electron chi connectivity index (χ0n) is 32.4. The molecule has 2 heteroatoms. The quantitative estimate of drug-likeness (QED) is 0.173. The highest BCUT2D eigenvalue weighted by Crippen LogP contribution is 2.64. The minimum atomic E-state index is -1.45. The van der Waals surface area contributed by atoms with Gasteiger partial charge in [0.15, 0.2) is 0 Å². The molecule has 2 spiro atoms. The van der Waals surface area contributed by atoms with Crippen molar-refractivity contribution in [2.75, 3.05) is 0 Å². The highest BCUT2D eigenvalue weighted by atomic mass is 32.2. The number of hydrogen-bond donors (Lipinski definition) is 0. The summed E-state index contributed by atoms with van der Waals surface area (Å²) < 4.78 is 15.3. The summed E-state index contributed by atoms with van der Waals surface area (Å²) in [5.41, 5.74) is 19.3. The van der Waals surface area contributed by atoms with Gasteiger partial charge in [0.1, 0.15) is 0 Å². The SMILES string of the molecule is C=CC1=C(/C=C\C)c2ccccc2C12C1=C(CC=CC(S(=O)c3ccc4c(c3)C3(C(C)=C(/C=C\C)c5ccccc53)C(C)=C4C/C=C\C)=C1)c1ccccc12. The van der Waals surface area contributed by atoms with Gasteiger partial charge in [-0.2, -0.15) is 0 Å². The zero-order valence-corrected chi connectivity index (χ0v) is 33.2. The number of hydrogen-bond acceptors (Lipinski definition) is 1. The molecule has 1 nitrogen and oxygen atoms in total. The predicted octanol–water partition coefficient (Wildman–Crippen LogP) is 13.3. The molecule has 0 saturated carbocycles. The average molecular weight is 731 g/mol. The molecule has 0 N–H and O–H groups in total. The van der Waals surface area contributed by atoms with Crippen LogP contribution in [0.5, 0.6) is 0 Å². The second kappa shape index (κ2) is 13.3. The molecule has 4 aromatic carbocycles. The van der Waals surface area contributed by atoms with Crippen LogP contribution in [0.15, 0.2) is 190 Å². The monoisotopic (exact) mass is 730 g/mol. The molecule has 270 valence electrons. The molecule has 0 heterocycles. The van der Waals surface area contributed by atoms with Crippen LogP contribution in [0.4, 0.5) is 0 Å². The van der Waals surface area contributed by atoms with E-state index in [1.54, 1.807) is 0 Å². The third-order valence-electron chi connectivity index (χ3n) is 12.8. The van der Waals surface area contributed by atoms with Crippen LogP contribution in [0.3, 0.4) is 0 Å². The maximum atomic E-state index is 15.3. The van der Waals surface area contributed by atoms with Crippen LogP contribution >= 0.6 is 0 Å². The molecule has 4 aromatic rings. The number of rotatable bonds is 7. The van der Waals surface area contributed by atoms with Crippen molar-refractivity contribution in [2.45, 2.75) is 63.2 Å². The van der Waals surface area contributed by atoms with Crippen molar-refractivity contribution in [1.82, 2.24) is 0 Å². The van der Waals surface area contributed by atoms with Gasteiger partial charge in [0.2, 0.25) is 0 Å². The van der Waals surface area contributed by atoms with Gasteiger partial charge in [-0.15, -0.1) is 0 Å². The van der Waals surface area contributed by atoms with Crippen molar-refractivity contribution < 1.29 is 4.21 Å². The van der Waals surface area contributed by atoms with Crippen LogP contribution in [-0.4, -0.2) is 4.21 Å². The minimum absolute atomic E-state index is 0.418. The average Bonchev–Trinajstić information content (AvgIpc) is 3.75. The summed E-state index contributed by atoms with van der Waals surface area (Å²) in [5.74, 6) is 0. The van der Waals surface area contributed by atoms with Gasteiger partial charge in [0.05, 0.1) is 21.6 Å². The summed E-state index contributed by atoms with van der Waals surface area (Å²) >= 11 is 0. The van der Waals surface area contributed by atoms with E-state index in [0.717, 1.165) is 22.6 Å². The number of benzene rings is 4. The van der Waals surface area contributed by atoms with Gasteiger partial charge < -0.3 is 0 Å². The number of fused-ring (bicyclic) bond motifs is 10. The molecule has 0 amide bonds. The lowest BCUT2D eigenvalue weighted by Gasteiger charge is -2.33. The van der Waals surface area contributed by atoms with E-state index >= 15 is 4.21 Å². The summed E-state index contributed by atoms with van der Waals surface area (Å²) in [6, 6.07) is 33.2. The lowest BCUT2D eigenvalue weighted by molar-refractivity contribution is 0.686. The Kier molecular flexibility index (Phi) is 8.51. The van der Waals surface area contributed by atoms with E-state index in [4.69, 9.17) is 0 Å². The summed E-state index contributed by atoms with van der Waals surface area (Å²) in [5, 5.41) is 0. The fourth-order valence-corrected chi connectivity index (χ4v) is 11.8. The first kappa shape index (κ1) is 35.2. The lowest BCUT2D eigenvalue weighted by atomic mass is 9.68. The Morgan fingerprint density at radius 2 is 1.31 bits per heavy atom. The van der Waals surface area contributed by atoms with E-state index in [0.29, 0.717) is 0 Å². The van der Waals surface area contributed by atoms with Crippen molar-refractivity contribution in [1.29, 1.82) is 0 Å². The molecule has 3 atom stereocenters. The molecule has 0 aromatic heterocycles. The minimum Gasteiger partial charge on any atom is -0.249 e. The predicted molar refractivity (Wildman–Crippen MR) is 234 cm³/mol. The summed E-state index contributed by atoms with van der Waals surface area (Å²) in [6.45, 7) is 15.3. The molecule has 5 aliphatic rings. The molecular weight excluding hydrogens is 685 g/mol. The van der Waals surface area contributed by atoms with Crippen LogP contribution in [-0.2, 0) is 21.6 Å². The van der Waals surface area contributed by atoms with Gasteiger partial charge in [-0.25, -0.2) is 4.21 Å². The van der Waals surface area contributed by atoms with Crippen LogP contribution < -0.4 is 0 Å². The fraction of sp³-hybridized carbons (Fsp3) is 0.170. The third kappa shape index (κ3) is 4.61. The Bertz CT molecular complexity index is 2670. The lowest BCUT2D eigenvalue weighted by Crippen LogP contribution is -2.28. The fourth-order valence-electron chi connectivity index (χ4n) is 10.7. The van der Waals surface area contributed by atoms with Gasteiger partial charge in [-0.05, 0) is 155 Å². The van der Waals surface area contributed by atoms with Crippen molar-refractivity contribution in [2.24, 2.45) is 0 Å². The van der Waals surface area contributed by atoms with E-state index in [2.05, 4.69) is 193 Å². The maximum Gasteiger partial charge on any atom is 0.0849 e. The zero-order chi connectivity index (χ0) is 38.1. The van der Waals surface area contributed by atoms with Gasteiger partial charge >= 0.3 is 0 Å². The molecule has 3 unspecified atom stereocenters. The largest absolute Gasteiger partial charge is 0.249 e. The standard InChI is InChI=1S/C53H46OS/c1-7-11-22-39-35(6)52(34(5)38(19-8-2)41-23-12-15-27-47(41)52)50-33-37(30-31-45(39)50)55(54)36-21-18-26-44-43-25-14-17-29-49(43)53(51(44)32-36)46(10-4)40(20-9-3)42-24-13-16-28-48(42)53/h7-21,23-25,27-33H,4,22,26H2,1-3,5-6H3/b11-7-,19-8-,20-9-. The molecule has 0 saturated heterocycles. The molecule has 9 rings (SSSR count). The van der Waals surface area contributed by atoms with Gasteiger partial charge in [0, 0.05) is 9.80 Å². The molecule has 0 radical (unpaired) electrons. The molecule has 0 aliphatic heterocycles. The Morgan fingerprint density at radius 3 is 1.98 bits per heavy atom. The molecular formula is C53H46OS.